The summed E-state index contributed by atoms with van der Waals surface area (Å²) in [5, 5.41) is 7.39. The summed E-state index contributed by atoms with van der Waals surface area (Å²) in [7, 11) is 1.35. The van der Waals surface area contributed by atoms with E-state index in [-0.39, 0.29) is 11.8 Å². The molecule has 2 aromatic heterocycles. The first-order valence-corrected chi connectivity index (χ1v) is 4.20. The minimum absolute atomic E-state index is 0.0602. The number of aromatic nitrogens is 3. The van der Waals surface area contributed by atoms with E-state index in [2.05, 4.69) is 19.9 Å². The van der Waals surface area contributed by atoms with Crippen LogP contribution in [-0.4, -0.2) is 22.3 Å². The molecule has 0 saturated heterocycles. The summed E-state index contributed by atoms with van der Waals surface area (Å²) >= 11 is 0. The highest BCUT2D eigenvalue weighted by Crippen LogP contribution is 2.21. The van der Waals surface area contributed by atoms with Crippen LogP contribution in [0.5, 0.6) is 5.88 Å². The number of aryl methyl sites for hydroxylation is 1. The van der Waals surface area contributed by atoms with Crippen molar-refractivity contribution in [3.63, 3.8) is 0 Å². The predicted octanol–water partition coefficient (Wildman–Crippen LogP) is 1.59. The van der Waals surface area contributed by atoms with Gasteiger partial charge >= 0.3 is 0 Å². The number of pyridine rings is 1. The van der Waals surface area contributed by atoms with Crippen LogP contribution in [0.2, 0.25) is 0 Å². The van der Waals surface area contributed by atoms with E-state index < -0.39 is 5.82 Å². The molecule has 6 heteroatoms. The van der Waals surface area contributed by atoms with E-state index in [4.69, 9.17) is 4.42 Å². The fourth-order valence-electron chi connectivity index (χ4n) is 1.11. The van der Waals surface area contributed by atoms with Crippen LogP contribution in [0.15, 0.2) is 16.7 Å². The molecule has 0 aliphatic carbocycles. The van der Waals surface area contributed by atoms with E-state index in [0.29, 0.717) is 11.5 Å². The second kappa shape index (κ2) is 3.64. The zero-order chi connectivity index (χ0) is 10.8. The van der Waals surface area contributed by atoms with Crippen molar-refractivity contribution in [2.24, 2.45) is 0 Å². The van der Waals surface area contributed by atoms with Crippen LogP contribution in [0.1, 0.15) is 5.89 Å². The Morgan fingerprint density at radius 1 is 1.40 bits per heavy atom. The van der Waals surface area contributed by atoms with E-state index in [0.717, 1.165) is 0 Å². The van der Waals surface area contributed by atoms with Crippen LogP contribution in [-0.2, 0) is 0 Å². The molecule has 0 N–H and O–H groups in total. The van der Waals surface area contributed by atoms with Crippen LogP contribution in [0.4, 0.5) is 4.39 Å². The van der Waals surface area contributed by atoms with Crippen molar-refractivity contribution in [1.29, 1.82) is 0 Å². The molecule has 0 radical (unpaired) electrons. The standard InChI is InChI=1S/C9H8FN3O2/c1-5-12-13-8(15-5)6-3-7(10)9(14-2)11-4-6/h3-4H,1-2H3. The quantitative estimate of drug-likeness (QED) is 0.751. The van der Waals surface area contributed by atoms with Gasteiger partial charge in [0.1, 0.15) is 0 Å². The van der Waals surface area contributed by atoms with Crippen LogP contribution in [0.25, 0.3) is 11.5 Å². The van der Waals surface area contributed by atoms with Gasteiger partial charge in [-0.05, 0) is 6.07 Å². The zero-order valence-electron chi connectivity index (χ0n) is 8.19. The molecular weight excluding hydrogens is 201 g/mol. The molecule has 0 aliphatic rings. The Hall–Kier alpha value is -1.98. The number of hydrogen-bond acceptors (Lipinski definition) is 5. The third-order valence-electron chi connectivity index (χ3n) is 1.77. The van der Waals surface area contributed by atoms with E-state index in [1.54, 1.807) is 6.92 Å². The lowest BCUT2D eigenvalue weighted by atomic mass is 10.3. The number of nitrogens with zero attached hydrogens (tertiary/aromatic N) is 3. The van der Waals surface area contributed by atoms with Gasteiger partial charge in [-0.25, -0.2) is 9.37 Å². The maximum Gasteiger partial charge on any atom is 0.250 e. The van der Waals surface area contributed by atoms with Gasteiger partial charge in [-0.1, -0.05) is 0 Å². The molecule has 0 fully saturated rings. The molecule has 0 spiro atoms. The Bertz CT molecular complexity index is 484. The first-order chi connectivity index (χ1) is 7.20. The van der Waals surface area contributed by atoms with Crippen molar-refractivity contribution >= 4 is 0 Å². The normalized spacial score (nSPS) is 10.3. The molecule has 2 aromatic rings. The van der Waals surface area contributed by atoms with Crippen molar-refractivity contribution in [3.8, 4) is 17.3 Å². The highest BCUT2D eigenvalue weighted by molar-refractivity contribution is 5.51. The smallest absolute Gasteiger partial charge is 0.250 e. The molecule has 5 nitrogen and oxygen atoms in total. The van der Waals surface area contributed by atoms with Gasteiger partial charge < -0.3 is 9.15 Å². The highest BCUT2D eigenvalue weighted by Gasteiger charge is 2.10. The Kier molecular flexibility index (Phi) is 2.32. The predicted molar refractivity (Wildman–Crippen MR) is 48.8 cm³/mol. The van der Waals surface area contributed by atoms with Gasteiger partial charge in [-0.3, -0.25) is 0 Å². The van der Waals surface area contributed by atoms with Crippen LogP contribution >= 0.6 is 0 Å². The highest BCUT2D eigenvalue weighted by atomic mass is 19.1. The molecule has 15 heavy (non-hydrogen) atoms. The Labute approximate surface area is 84.9 Å². The summed E-state index contributed by atoms with van der Waals surface area (Å²) in [6.45, 7) is 1.66. The summed E-state index contributed by atoms with van der Waals surface area (Å²) in [5.74, 6) is 0.0311. The zero-order valence-corrected chi connectivity index (χ0v) is 8.19. The van der Waals surface area contributed by atoms with Crippen molar-refractivity contribution < 1.29 is 13.5 Å². The first-order valence-electron chi connectivity index (χ1n) is 4.20. The Balaban J connectivity index is 2.42. The molecule has 0 unspecified atom stereocenters. The van der Waals surface area contributed by atoms with Crippen molar-refractivity contribution in [3.05, 3.63) is 24.0 Å². The summed E-state index contributed by atoms with van der Waals surface area (Å²) in [6.07, 6.45) is 1.41. The molecule has 0 amide bonds. The lowest BCUT2D eigenvalue weighted by Crippen LogP contribution is -1.92. The third-order valence-corrected chi connectivity index (χ3v) is 1.77. The number of hydrogen-bond donors (Lipinski definition) is 0. The summed E-state index contributed by atoms with van der Waals surface area (Å²) < 4.78 is 23.1. The van der Waals surface area contributed by atoms with Gasteiger partial charge in [0.2, 0.25) is 17.7 Å². The number of methoxy groups -OCH3 is 1. The van der Waals surface area contributed by atoms with E-state index in [9.17, 15) is 4.39 Å². The fourth-order valence-corrected chi connectivity index (χ4v) is 1.11. The summed E-state index contributed by atoms with van der Waals surface area (Å²) in [6, 6.07) is 1.23. The van der Waals surface area contributed by atoms with Crippen LogP contribution in [0, 0.1) is 12.7 Å². The van der Waals surface area contributed by atoms with Gasteiger partial charge in [0.15, 0.2) is 5.82 Å². The second-order valence-electron chi connectivity index (χ2n) is 2.84. The molecular formula is C9H8FN3O2. The monoisotopic (exact) mass is 209 g/mol. The summed E-state index contributed by atoms with van der Waals surface area (Å²) in [5.41, 5.74) is 0.425. The average molecular weight is 209 g/mol. The number of ether oxygens (including phenoxy) is 1. The second-order valence-corrected chi connectivity index (χ2v) is 2.84. The molecule has 0 aliphatic heterocycles. The number of halogens is 1. The van der Waals surface area contributed by atoms with E-state index in [1.165, 1.54) is 19.4 Å². The topological polar surface area (TPSA) is 61.0 Å². The largest absolute Gasteiger partial charge is 0.479 e. The van der Waals surface area contributed by atoms with E-state index >= 15 is 0 Å². The van der Waals surface area contributed by atoms with Gasteiger partial charge in [0.25, 0.3) is 0 Å². The van der Waals surface area contributed by atoms with Gasteiger partial charge in [0.05, 0.1) is 12.7 Å². The minimum atomic E-state index is -0.564. The molecule has 0 saturated carbocycles. The van der Waals surface area contributed by atoms with E-state index in [1.807, 2.05) is 0 Å². The van der Waals surface area contributed by atoms with Crippen molar-refractivity contribution in [2.75, 3.05) is 7.11 Å². The van der Waals surface area contributed by atoms with Crippen LogP contribution in [0.3, 0.4) is 0 Å². The molecule has 0 bridgehead atoms. The molecule has 0 aromatic carbocycles. The molecule has 2 rings (SSSR count). The lowest BCUT2D eigenvalue weighted by molar-refractivity contribution is 0.369. The first kappa shape index (κ1) is 9.57. The molecule has 78 valence electrons. The minimum Gasteiger partial charge on any atom is -0.479 e. The van der Waals surface area contributed by atoms with Crippen LogP contribution < -0.4 is 4.74 Å². The Morgan fingerprint density at radius 2 is 2.20 bits per heavy atom. The van der Waals surface area contributed by atoms with Crippen molar-refractivity contribution in [2.45, 2.75) is 6.92 Å². The number of rotatable bonds is 2. The molecule has 2 heterocycles. The third kappa shape index (κ3) is 1.78. The van der Waals surface area contributed by atoms with Crippen molar-refractivity contribution in [1.82, 2.24) is 15.2 Å². The Morgan fingerprint density at radius 3 is 2.73 bits per heavy atom. The lowest BCUT2D eigenvalue weighted by Gasteiger charge is -2.00. The molecule has 0 atom stereocenters. The van der Waals surface area contributed by atoms with Gasteiger partial charge in [-0.2, -0.15) is 0 Å². The maximum absolute atomic E-state index is 13.3. The van der Waals surface area contributed by atoms with Gasteiger partial charge in [-0.15, -0.1) is 10.2 Å². The summed E-state index contributed by atoms with van der Waals surface area (Å²) in [4.78, 5) is 3.76. The van der Waals surface area contributed by atoms with Gasteiger partial charge in [0, 0.05) is 13.1 Å². The fraction of sp³-hybridized carbons (Fsp3) is 0.222. The SMILES string of the molecule is COc1ncc(-c2nnc(C)o2)cc1F. The average Bonchev–Trinajstić information content (AvgIpc) is 2.65. The maximum atomic E-state index is 13.3.